The lowest BCUT2D eigenvalue weighted by Gasteiger charge is -2.36. The van der Waals surface area contributed by atoms with Gasteiger partial charge in [0.2, 0.25) is 0 Å². The van der Waals surface area contributed by atoms with Crippen molar-refractivity contribution in [3.8, 4) is 17.0 Å². The third-order valence-corrected chi connectivity index (χ3v) is 9.80. The molecule has 0 unspecified atom stereocenters. The van der Waals surface area contributed by atoms with Crippen LogP contribution in [0.2, 0.25) is 5.02 Å². The van der Waals surface area contributed by atoms with E-state index in [-0.39, 0.29) is 46.0 Å². The van der Waals surface area contributed by atoms with E-state index in [2.05, 4.69) is 15.2 Å². The van der Waals surface area contributed by atoms with E-state index in [1.54, 1.807) is 6.92 Å². The Kier molecular flexibility index (Phi) is 9.74. The van der Waals surface area contributed by atoms with Crippen LogP contribution < -0.4 is 10.1 Å². The molecule has 0 atom stereocenters. The highest BCUT2D eigenvalue weighted by molar-refractivity contribution is 7.91. The Labute approximate surface area is 241 Å². The first-order valence-electron chi connectivity index (χ1n) is 13.2. The van der Waals surface area contributed by atoms with E-state index in [4.69, 9.17) is 11.6 Å². The summed E-state index contributed by atoms with van der Waals surface area (Å²) in [6.45, 7) is 2.86. The maximum Gasteiger partial charge on any atom is 0.394 e. The number of rotatable bonds is 10. The molecule has 3 rings (SSSR count). The molecule has 1 aromatic heterocycles. The standard InChI is InChI=1S/C27H35ClF5N3O4S/c1-6-36-22(18-8-7-16(13-19(18)40-24(29)30)14-25(2,3)27(31,32)33)20(28)21(35-36)23(37)34-15-26(4)11-9-17(10-12-26)41(5,38)39/h7-8,13,17,24H,6,9-12,14-15H2,1-5H3,(H,34,37)/t17-,26-. The number of nitrogens with one attached hydrogen (secondary N) is 1. The van der Waals surface area contributed by atoms with Gasteiger partial charge < -0.3 is 10.1 Å². The summed E-state index contributed by atoms with van der Waals surface area (Å²) in [5.74, 6) is -0.996. The van der Waals surface area contributed by atoms with E-state index in [1.165, 1.54) is 23.1 Å². The summed E-state index contributed by atoms with van der Waals surface area (Å²) in [5.41, 5.74) is -2.33. The van der Waals surface area contributed by atoms with Gasteiger partial charge in [-0.15, -0.1) is 0 Å². The summed E-state index contributed by atoms with van der Waals surface area (Å²) in [6, 6.07) is 3.82. The summed E-state index contributed by atoms with van der Waals surface area (Å²) in [6.07, 6.45) is -1.60. The smallest absolute Gasteiger partial charge is 0.394 e. The van der Waals surface area contributed by atoms with E-state index in [1.807, 2.05) is 6.92 Å². The molecule has 1 saturated carbocycles. The zero-order valence-electron chi connectivity index (χ0n) is 23.5. The van der Waals surface area contributed by atoms with Crippen LogP contribution in [0, 0.1) is 10.8 Å². The van der Waals surface area contributed by atoms with Crippen LogP contribution in [0.15, 0.2) is 18.2 Å². The Hall–Kier alpha value is -2.41. The van der Waals surface area contributed by atoms with Gasteiger partial charge in [0.1, 0.15) is 15.6 Å². The van der Waals surface area contributed by atoms with Gasteiger partial charge in [0, 0.05) is 24.9 Å². The quantitative estimate of drug-likeness (QED) is 0.297. The molecule has 41 heavy (non-hydrogen) atoms. The van der Waals surface area contributed by atoms with Crippen molar-refractivity contribution in [2.24, 2.45) is 10.8 Å². The van der Waals surface area contributed by atoms with Crippen LogP contribution >= 0.6 is 11.6 Å². The van der Waals surface area contributed by atoms with Gasteiger partial charge in [-0.2, -0.15) is 27.1 Å². The number of aryl methyl sites for hydroxylation is 1. The number of sulfone groups is 1. The van der Waals surface area contributed by atoms with Crippen molar-refractivity contribution in [2.75, 3.05) is 12.8 Å². The summed E-state index contributed by atoms with van der Waals surface area (Å²) < 4.78 is 96.7. The van der Waals surface area contributed by atoms with Gasteiger partial charge in [0.15, 0.2) is 5.69 Å². The van der Waals surface area contributed by atoms with Crippen molar-refractivity contribution >= 4 is 27.3 Å². The van der Waals surface area contributed by atoms with Crippen LogP contribution in [0.3, 0.4) is 0 Å². The highest BCUT2D eigenvalue weighted by Crippen LogP contribution is 2.43. The average Bonchev–Trinajstić information content (AvgIpc) is 3.17. The maximum atomic E-state index is 13.4. The Morgan fingerprint density at radius 1 is 1.24 bits per heavy atom. The van der Waals surface area contributed by atoms with Crippen LogP contribution in [0.1, 0.15) is 69.4 Å². The molecule has 1 amide bonds. The van der Waals surface area contributed by atoms with Crippen molar-refractivity contribution in [3.63, 3.8) is 0 Å². The molecule has 0 spiro atoms. The van der Waals surface area contributed by atoms with E-state index < -0.39 is 51.4 Å². The summed E-state index contributed by atoms with van der Waals surface area (Å²) >= 11 is 6.58. The van der Waals surface area contributed by atoms with E-state index in [0.29, 0.717) is 25.7 Å². The van der Waals surface area contributed by atoms with Gasteiger partial charge in [0.25, 0.3) is 5.91 Å². The molecule has 1 aliphatic carbocycles. The number of alkyl halides is 5. The molecule has 230 valence electrons. The fraction of sp³-hybridized carbons (Fsp3) is 0.630. The topological polar surface area (TPSA) is 90.3 Å². The second kappa shape index (κ2) is 12.1. The van der Waals surface area contributed by atoms with Crippen LogP contribution in [0.4, 0.5) is 22.0 Å². The zero-order chi connectivity index (χ0) is 31.0. The highest BCUT2D eigenvalue weighted by Gasteiger charge is 2.47. The summed E-state index contributed by atoms with van der Waals surface area (Å²) in [7, 11) is -3.14. The lowest BCUT2D eigenvalue weighted by Crippen LogP contribution is -2.40. The number of carbonyl (C=O) groups is 1. The second-order valence-corrected chi connectivity index (χ2v) is 14.3. The zero-order valence-corrected chi connectivity index (χ0v) is 25.1. The van der Waals surface area contributed by atoms with Gasteiger partial charge in [-0.3, -0.25) is 9.48 Å². The molecule has 1 aromatic carbocycles. The summed E-state index contributed by atoms with van der Waals surface area (Å²) in [4.78, 5) is 13.1. The minimum atomic E-state index is -4.52. The molecule has 0 bridgehead atoms. The number of hydrogen-bond acceptors (Lipinski definition) is 5. The largest absolute Gasteiger partial charge is 0.434 e. The Balaban J connectivity index is 1.89. The van der Waals surface area contributed by atoms with Crippen molar-refractivity contribution in [1.29, 1.82) is 0 Å². The van der Waals surface area contributed by atoms with Crippen LogP contribution in [0.5, 0.6) is 5.75 Å². The lowest BCUT2D eigenvalue weighted by atomic mass is 9.75. The van der Waals surface area contributed by atoms with Gasteiger partial charge in [-0.25, -0.2) is 8.42 Å². The number of carbonyl (C=O) groups excluding carboxylic acids is 1. The highest BCUT2D eigenvalue weighted by atomic mass is 35.5. The van der Waals surface area contributed by atoms with Crippen LogP contribution in [0.25, 0.3) is 11.3 Å². The second-order valence-electron chi connectivity index (χ2n) is 11.6. The van der Waals surface area contributed by atoms with Crippen LogP contribution in [-0.4, -0.2) is 54.9 Å². The normalized spacial score (nSPS) is 20.3. The fourth-order valence-electron chi connectivity index (χ4n) is 5.02. The molecular weight excluding hydrogens is 593 g/mol. The molecule has 0 radical (unpaired) electrons. The van der Waals surface area contributed by atoms with Gasteiger partial charge in [-0.1, -0.05) is 38.4 Å². The van der Waals surface area contributed by atoms with Crippen LogP contribution in [-0.2, 0) is 22.8 Å². The number of aromatic nitrogens is 2. The van der Waals surface area contributed by atoms with Crippen molar-refractivity contribution in [3.05, 3.63) is 34.5 Å². The fourth-order valence-corrected chi connectivity index (χ4v) is 6.43. The van der Waals surface area contributed by atoms with Gasteiger partial charge >= 0.3 is 12.8 Å². The molecular formula is C27H35ClF5N3O4S. The first-order chi connectivity index (χ1) is 18.8. The number of amides is 1. The molecule has 2 aromatic rings. The number of ether oxygens (including phenoxy) is 1. The Bertz CT molecular complexity index is 1370. The average molecular weight is 628 g/mol. The number of hydrogen-bond donors (Lipinski definition) is 1. The molecule has 0 aliphatic heterocycles. The third-order valence-electron chi connectivity index (χ3n) is 7.76. The lowest BCUT2D eigenvalue weighted by molar-refractivity contribution is -0.211. The van der Waals surface area contributed by atoms with Crippen molar-refractivity contribution in [2.45, 2.75) is 84.4 Å². The predicted octanol–water partition coefficient (Wildman–Crippen LogP) is 6.68. The number of halogens is 6. The minimum Gasteiger partial charge on any atom is -0.434 e. The molecule has 1 fully saturated rings. The molecule has 14 heteroatoms. The molecule has 1 N–H and O–H groups in total. The monoisotopic (exact) mass is 627 g/mol. The number of nitrogens with zero attached hydrogens (tertiary/aromatic N) is 2. The first kappa shape index (κ1) is 33.1. The Morgan fingerprint density at radius 2 is 1.85 bits per heavy atom. The Morgan fingerprint density at radius 3 is 2.37 bits per heavy atom. The third kappa shape index (κ3) is 7.71. The molecule has 0 saturated heterocycles. The minimum absolute atomic E-state index is 0.0447. The van der Waals surface area contributed by atoms with E-state index >= 15 is 0 Å². The predicted molar refractivity (Wildman–Crippen MR) is 146 cm³/mol. The SMILES string of the molecule is CCn1nc(C(=O)NC[C@]2(C)CC[C@@H](S(C)(=O)=O)CC2)c(Cl)c1-c1ccc(CC(C)(C)C(F)(F)F)cc1OC(F)F. The first-order valence-corrected chi connectivity index (χ1v) is 15.5. The molecule has 1 aliphatic rings. The van der Waals surface area contributed by atoms with Crippen molar-refractivity contribution in [1.82, 2.24) is 15.1 Å². The molecule has 1 heterocycles. The maximum absolute atomic E-state index is 13.4. The van der Waals surface area contributed by atoms with E-state index in [0.717, 1.165) is 19.9 Å². The molecule has 7 nitrogen and oxygen atoms in total. The van der Waals surface area contributed by atoms with Crippen molar-refractivity contribution < 1.29 is 39.9 Å². The van der Waals surface area contributed by atoms with Gasteiger partial charge in [0.05, 0.1) is 21.4 Å². The van der Waals surface area contributed by atoms with Gasteiger partial charge in [-0.05, 0) is 62.1 Å². The number of benzene rings is 1. The summed E-state index contributed by atoms with van der Waals surface area (Å²) in [5, 5.41) is 6.55. The van der Waals surface area contributed by atoms with E-state index in [9.17, 15) is 35.2 Å².